The molecule has 0 bridgehead atoms. The molecule has 5 nitrogen and oxygen atoms in total. The minimum absolute atomic E-state index is 0.156. The van der Waals surface area contributed by atoms with Gasteiger partial charge >= 0.3 is 5.97 Å². The van der Waals surface area contributed by atoms with Gasteiger partial charge in [0.15, 0.2) is 5.75 Å². The van der Waals surface area contributed by atoms with Gasteiger partial charge in [-0.1, -0.05) is 30.3 Å². The Kier molecular flexibility index (Phi) is 3.94. The van der Waals surface area contributed by atoms with Gasteiger partial charge in [-0.05, 0) is 18.4 Å². The zero-order chi connectivity index (χ0) is 16.4. The lowest BCUT2D eigenvalue weighted by atomic mass is 9.89. The molecule has 0 aliphatic heterocycles. The van der Waals surface area contributed by atoms with Crippen molar-refractivity contribution in [3.63, 3.8) is 0 Å². The van der Waals surface area contributed by atoms with Crippen molar-refractivity contribution in [1.29, 1.82) is 0 Å². The van der Waals surface area contributed by atoms with E-state index in [4.69, 9.17) is 4.74 Å². The number of rotatable bonds is 6. The van der Waals surface area contributed by atoms with Crippen LogP contribution >= 0.6 is 0 Å². The zero-order valence-electron chi connectivity index (χ0n) is 12.9. The maximum Gasteiger partial charge on any atom is 0.307 e. The highest BCUT2D eigenvalue weighted by atomic mass is 16.5. The van der Waals surface area contributed by atoms with Crippen molar-refractivity contribution in [3.8, 4) is 5.75 Å². The molecule has 5 heteroatoms. The number of nitrogens with zero attached hydrogens (tertiary/aromatic N) is 1. The van der Waals surface area contributed by atoms with Crippen LogP contribution in [0.25, 0.3) is 0 Å². The Balaban J connectivity index is 1.82. The van der Waals surface area contributed by atoms with Crippen LogP contribution in [0.3, 0.4) is 0 Å². The van der Waals surface area contributed by atoms with E-state index in [0.717, 1.165) is 5.56 Å². The van der Waals surface area contributed by atoms with Crippen LogP contribution in [0.1, 0.15) is 18.4 Å². The van der Waals surface area contributed by atoms with E-state index in [1.165, 1.54) is 13.2 Å². The summed E-state index contributed by atoms with van der Waals surface area (Å²) in [5.74, 6) is -0.788. The Bertz CT molecular complexity index is 768. The first kappa shape index (κ1) is 15.3. The van der Waals surface area contributed by atoms with Crippen LogP contribution in [-0.2, 0) is 16.8 Å². The van der Waals surface area contributed by atoms with Gasteiger partial charge in [-0.3, -0.25) is 9.59 Å². The minimum Gasteiger partial charge on any atom is -0.491 e. The van der Waals surface area contributed by atoms with Crippen molar-refractivity contribution in [2.75, 3.05) is 7.11 Å². The standard InChI is InChI=1S/C18H19NO4/c1-23-16-12-19(9-7-15(16)20)10-8-18(11-14(18)17(21)22)13-5-3-2-4-6-13/h2-7,9,12,14H,8,10-11H2,1H3,(H,21,22). The molecule has 3 rings (SSSR count). The summed E-state index contributed by atoms with van der Waals surface area (Å²) in [7, 11) is 1.47. The van der Waals surface area contributed by atoms with Gasteiger partial charge in [0.05, 0.1) is 19.2 Å². The highest BCUT2D eigenvalue weighted by molar-refractivity contribution is 5.77. The van der Waals surface area contributed by atoms with Gasteiger partial charge in [0.2, 0.25) is 5.43 Å². The number of carbonyl (C=O) groups is 1. The third-order valence-electron chi connectivity index (χ3n) is 4.70. The molecule has 0 radical (unpaired) electrons. The summed E-state index contributed by atoms with van der Waals surface area (Å²) >= 11 is 0. The van der Waals surface area contributed by atoms with Crippen LogP contribution in [0.15, 0.2) is 53.6 Å². The van der Waals surface area contributed by atoms with Crippen molar-refractivity contribution < 1.29 is 14.6 Å². The SMILES string of the molecule is COc1cn(CCC2(c3ccccc3)CC2C(=O)O)ccc1=O. The quantitative estimate of drug-likeness (QED) is 0.888. The highest BCUT2D eigenvalue weighted by Crippen LogP contribution is 2.57. The number of benzene rings is 1. The summed E-state index contributed by atoms with van der Waals surface area (Å²) in [6.45, 7) is 0.634. The smallest absolute Gasteiger partial charge is 0.307 e. The molecule has 1 N–H and O–H groups in total. The minimum atomic E-state index is -0.744. The number of pyridine rings is 1. The molecule has 1 aromatic heterocycles. The molecule has 2 atom stereocenters. The fourth-order valence-electron chi connectivity index (χ4n) is 3.26. The third-order valence-corrected chi connectivity index (χ3v) is 4.70. The molecule has 2 unspecified atom stereocenters. The molecule has 1 heterocycles. The summed E-state index contributed by atoms with van der Waals surface area (Å²) in [5, 5.41) is 9.40. The van der Waals surface area contributed by atoms with Gasteiger partial charge in [-0.2, -0.15) is 0 Å². The van der Waals surface area contributed by atoms with Gasteiger partial charge in [0.25, 0.3) is 0 Å². The molecule has 1 fully saturated rings. The van der Waals surface area contributed by atoms with Gasteiger partial charge in [0.1, 0.15) is 0 Å². The number of hydrogen-bond donors (Lipinski definition) is 1. The lowest BCUT2D eigenvalue weighted by Gasteiger charge is -2.18. The number of carboxylic acid groups (broad SMARTS) is 1. The number of carboxylic acids is 1. The fraction of sp³-hybridized carbons (Fsp3) is 0.333. The average molecular weight is 313 g/mol. The molecule has 1 aliphatic carbocycles. The lowest BCUT2D eigenvalue weighted by molar-refractivity contribution is -0.139. The molecule has 1 saturated carbocycles. The number of aliphatic carboxylic acids is 1. The van der Waals surface area contributed by atoms with Crippen molar-refractivity contribution in [2.24, 2.45) is 5.92 Å². The Morgan fingerprint density at radius 2 is 2.09 bits per heavy atom. The van der Waals surface area contributed by atoms with Crippen LogP contribution in [0.4, 0.5) is 0 Å². The molecular weight excluding hydrogens is 294 g/mol. The Labute approximate surface area is 134 Å². The second-order valence-electron chi connectivity index (χ2n) is 5.98. The molecule has 1 aromatic carbocycles. The second kappa shape index (κ2) is 5.91. The normalized spacial score (nSPS) is 22.6. The summed E-state index contributed by atoms with van der Waals surface area (Å²) in [6, 6.07) is 11.3. The Morgan fingerprint density at radius 1 is 1.35 bits per heavy atom. The van der Waals surface area contributed by atoms with Crippen molar-refractivity contribution in [3.05, 3.63) is 64.6 Å². The first-order chi connectivity index (χ1) is 11.1. The van der Waals surface area contributed by atoms with Crippen molar-refractivity contribution in [1.82, 2.24) is 4.57 Å². The largest absolute Gasteiger partial charge is 0.491 e. The molecule has 0 amide bonds. The highest BCUT2D eigenvalue weighted by Gasteiger charge is 2.58. The summed E-state index contributed by atoms with van der Waals surface area (Å²) in [6.07, 6.45) is 4.74. The number of aromatic nitrogens is 1. The van der Waals surface area contributed by atoms with Crippen molar-refractivity contribution in [2.45, 2.75) is 24.8 Å². The van der Waals surface area contributed by atoms with Crippen LogP contribution in [0.5, 0.6) is 5.75 Å². The van der Waals surface area contributed by atoms with E-state index < -0.39 is 5.97 Å². The van der Waals surface area contributed by atoms with Gasteiger partial charge in [0, 0.05) is 24.2 Å². The molecule has 2 aromatic rings. The number of ether oxygens (including phenoxy) is 1. The predicted molar refractivity (Wildman–Crippen MR) is 85.7 cm³/mol. The second-order valence-corrected chi connectivity index (χ2v) is 5.98. The van der Waals surface area contributed by atoms with E-state index in [1.807, 2.05) is 34.9 Å². The number of methoxy groups -OCH3 is 1. The number of hydrogen-bond acceptors (Lipinski definition) is 3. The van der Waals surface area contributed by atoms with Gasteiger partial charge in [-0.25, -0.2) is 0 Å². The maximum absolute atomic E-state index is 11.6. The first-order valence-electron chi connectivity index (χ1n) is 7.59. The van der Waals surface area contributed by atoms with Crippen molar-refractivity contribution >= 4 is 5.97 Å². The first-order valence-corrected chi connectivity index (χ1v) is 7.59. The number of aryl methyl sites for hydroxylation is 1. The summed E-state index contributed by atoms with van der Waals surface area (Å²) < 4.78 is 6.93. The van der Waals surface area contributed by atoms with E-state index in [9.17, 15) is 14.7 Å². The van der Waals surface area contributed by atoms with E-state index in [0.29, 0.717) is 25.1 Å². The van der Waals surface area contributed by atoms with Crippen LogP contribution in [0.2, 0.25) is 0 Å². The Hall–Kier alpha value is -2.56. The maximum atomic E-state index is 11.6. The summed E-state index contributed by atoms with van der Waals surface area (Å²) in [4.78, 5) is 23.0. The van der Waals surface area contributed by atoms with Gasteiger partial charge < -0.3 is 14.4 Å². The monoisotopic (exact) mass is 313 g/mol. The topological polar surface area (TPSA) is 68.5 Å². The van der Waals surface area contributed by atoms with E-state index in [-0.39, 0.29) is 16.8 Å². The van der Waals surface area contributed by atoms with E-state index >= 15 is 0 Å². The molecule has 23 heavy (non-hydrogen) atoms. The molecule has 1 aliphatic rings. The third kappa shape index (κ3) is 2.86. The fourth-order valence-corrected chi connectivity index (χ4v) is 3.26. The van der Waals surface area contributed by atoms with E-state index in [1.54, 1.807) is 12.4 Å². The van der Waals surface area contributed by atoms with E-state index in [2.05, 4.69) is 0 Å². The average Bonchev–Trinajstić information content (AvgIpc) is 3.31. The van der Waals surface area contributed by atoms with Gasteiger partial charge in [-0.15, -0.1) is 0 Å². The lowest BCUT2D eigenvalue weighted by Crippen LogP contribution is -2.18. The molecular formula is C18H19NO4. The molecule has 0 saturated heterocycles. The molecule has 0 spiro atoms. The zero-order valence-corrected chi connectivity index (χ0v) is 12.9. The molecule has 120 valence electrons. The summed E-state index contributed by atoms with van der Waals surface area (Å²) in [5.41, 5.74) is 0.598. The predicted octanol–water partition coefficient (Wildman–Crippen LogP) is 2.29. The van der Waals surface area contributed by atoms with Crippen LogP contribution in [-0.4, -0.2) is 22.8 Å². The Morgan fingerprint density at radius 3 is 2.70 bits per heavy atom. The van der Waals surface area contributed by atoms with Crippen LogP contribution in [0, 0.1) is 5.92 Å². The van der Waals surface area contributed by atoms with Crippen LogP contribution < -0.4 is 10.2 Å².